The molecule has 16 heavy (non-hydrogen) atoms. The topological polar surface area (TPSA) is 61.1 Å². The lowest BCUT2D eigenvalue weighted by molar-refractivity contribution is -0.138. The van der Waals surface area contributed by atoms with Crippen LogP contribution < -0.4 is 0 Å². The number of halogens is 3. The second-order valence-corrected chi connectivity index (χ2v) is 3.05. The summed E-state index contributed by atoms with van der Waals surface area (Å²) < 4.78 is 37.0. The second kappa shape index (κ2) is 3.85. The third-order valence-electron chi connectivity index (χ3n) is 1.97. The van der Waals surface area contributed by atoms with Gasteiger partial charge < -0.3 is 5.11 Å². The molecule has 0 aliphatic heterocycles. The largest absolute Gasteiger partial charge is 0.506 e. The zero-order valence-electron chi connectivity index (χ0n) is 8.09. The molecular weight excluding hydrogens is 223 g/mol. The van der Waals surface area contributed by atoms with Crippen LogP contribution in [0.5, 0.6) is 5.75 Å². The van der Waals surface area contributed by atoms with Gasteiger partial charge in [-0.05, 0) is 19.1 Å². The van der Waals surface area contributed by atoms with Gasteiger partial charge in [-0.1, -0.05) is 0 Å². The first-order valence-electron chi connectivity index (χ1n) is 4.13. The molecule has 84 valence electrons. The lowest BCUT2D eigenvalue weighted by Gasteiger charge is -2.11. The second-order valence-electron chi connectivity index (χ2n) is 3.05. The van der Waals surface area contributed by atoms with Crippen molar-refractivity contribution in [3.63, 3.8) is 0 Å². The fraction of sp³-hybridized carbons (Fsp3) is 0.200. The van der Waals surface area contributed by atoms with Crippen LogP contribution >= 0.6 is 0 Å². The molecule has 0 spiro atoms. The van der Waals surface area contributed by atoms with Crippen molar-refractivity contribution in [2.45, 2.75) is 13.1 Å². The summed E-state index contributed by atoms with van der Waals surface area (Å²) >= 11 is 0. The van der Waals surface area contributed by atoms with E-state index in [0.29, 0.717) is 6.07 Å². The summed E-state index contributed by atoms with van der Waals surface area (Å²) in [6.45, 7) is 1.10. The molecule has 0 aliphatic rings. The van der Waals surface area contributed by atoms with Crippen LogP contribution in [-0.2, 0) is 6.18 Å². The molecule has 1 aromatic rings. The van der Waals surface area contributed by atoms with Crippen molar-refractivity contribution < 1.29 is 23.1 Å². The van der Waals surface area contributed by atoms with Gasteiger partial charge in [0.25, 0.3) is 0 Å². The van der Waals surface area contributed by atoms with Crippen LogP contribution in [0.4, 0.5) is 13.2 Å². The standard InChI is InChI=1S/C10H6F3NO2/c1-5(15)6-2-3-8(10(11,12)13)9(16)7(6)4-14/h2-3,16H,1H3. The minimum absolute atomic E-state index is 0.229. The van der Waals surface area contributed by atoms with Crippen molar-refractivity contribution in [3.8, 4) is 11.8 Å². The number of benzene rings is 1. The summed E-state index contributed by atoms with van der Waals surface area (Å²) in [5, 5.41) is 17.9. The number of Topliss-reactive ketones (excluding diaryl/α,β-unsaturated/α-hetero) is 1. The number of aromatic hydroxyl groups is 1. The normalized spacial score (nSPS) is 10.9. The Balaban J connectivity index is 3.55. The van der Waals surface area contributed by atoms with E-state index < -0.39 is 28.8 Å². The molecule has 0 saturated heterocycles. The lowest BCUT2D eigenvalue weighted by atomic mass is 10.0. The maximum absolute atomic E-state index is 12.3. The van der Waals surface area contributed by atoms with Crippen LogP contribution in [0.15, 0.2) is 12.1 Å². The first-order chi connectivity index (χ1) is 7.29. The van der Waals surface area contributed by atoms with Gasteiger partial charge in [-0.25, -0.2) is 0 Å². The summed E-state index contributed by atoms with van der Waals surface area (Å²) in [5.41, 5.74) is -2.20. The van der Waals surface area contributed by atoms with E-state index in [2.05, 4.69) is 0 Å². The summed E-state index contributed by atoms with van der Waals surface area (Å²) in [7, 11) is 0. The molecule has 0 saturated carbocycles. The smallest absolute Gasteiger partial charge is 0.420 e. The van der Waals surface area contributed by atoms with Crippen molar-refractivity contribution in [3.05, 3.63) is 28.8 Å². The fourth-order valence-corrected chi connectivity index (χ4v) is 1.23. The molecular formula is C10H6F3NO2. The highest BCUT2D eigenvalue weighted by Gasteiger charge is 2.35. The van der Waals surface area contributed by atoms with Crippen molar-refractivity contribution in [1.82, 2.24) is 0 Å². The monoisotopic (exact) mass is 229 g/mol. The van der Waals surface area contributed by atoms with E-state index in [1.807, 2.05) is 0 Å². The van der Waals surface area contributed by atoms with Crippen LogP contribution in [0.2, 0.25) is 0 Å². The summed E-state index contributed by atoms with van der Waals surface area (Å²) in [4.78, 5) is 11.0. The highest BCUT2D eigenvalue weighted by atomic mass is 19.4. The first kappa shape index (κ1) is 12.0. The van der Waals surface area contributed by atoms with Crippen LogP contribution in [0, 0.1) is 11.3 Å². The molecule has 0 unspecified atom stereocenters. The Hall–Kier alpha value is -2.03. The minimum atomic E-state index is -4.76. The number of carbonyl (C=O) groups is 1. The van der Waals surface area contributed by atoms with Gasteiger partial charge >= 0.3 is 6.18 Å². The Bertz CT molecular complexity index is 486. The zero-order chi connectivity index (χ0) is 12.5. The average Bonchev–Trinajstić information content (AvgIpc) is 2.14. The molecule has 3 nitrogen and oxygen atoms in total. The molecule has 1 rings (SSSR count). The molecule has 1 aromatic carbocycles. The average molecular weight is 229 g/mol. The van der Waals surface area contributed by atoms with E-state index in [9.17, 15) is 23.1 Å². The van der Waals surface area contributed by atoms with Gasteiger partial charge in [-0.3, -0.25) is 4.79 Å². The summed E-state index contributed by atoms with van der Waals surface area (Å²) in [6, 6.07) is 2.84. The van der Waals surface area contributed by atoms with Crippen LogP contribution in [0.25, 0.3) is 0 Å². The third kappa shape index (κ3) is 1.98. The Kier molecular flexibility index (Phi) is 2.90. The van der Waals surface area contributed by atoms with Gasteiger partial charge in [0.1, 0.15) is 17.4 Å². The van der Waals surface area contributed by atoms with Crippen molar-refractivity contribution in [2.75, 3.05) is 0 Å². The quantitative estimate of drug-likeness (QED) is 0.752. The van der Waals surface area contributed by atoms with Gasteiger partial charge in [-0.15, -0.1) is 0 Å². The number of ketones is 1. The number of carbonyl (C=O) groups excluding carboxylic acids is 1. The van der Waals surface area contributed by atoms with Gasteiger partial charge in [0.05, 0.1) is 5.56 Å². The van der Waals surface area contributed by atoms with Crippen molar-refractivity contribution in [2.24, 2.45) is 0 Å². The first-order valence-corrected chi connectivity index (χ1v) is 4.13. The molecule has 0 amide bonds. The number of rotatable bonds is 1. The highest BCUT2D eigenvalue weighted by Crippen LogP contribution is 2.38. The van der Waals surface area contributed by atoms with Crippen molar-refractivity contribution >= 4 is 5.78 Å². The molecule has 0 heterocycles. The number of alkyl halides is 3. The summed E-state index contributed by atoms with van der Waals surface area (Å²) in [6.07, 6.45) is -4.76. The number of nitriles is 1. The van der Waals surface area contributed by atoms with Gasteiger partial charge in [0.2, 0.25) is 0 Å². The Morgan fingerprint density at radius 3 is 2.38 bits per heavy atom. The minimum Gasteiger partial charge on any atom is -0.506 e. The van der Waals surface area contributed by atoms with E-state index >= 15 is 0 Å². The zero-order valence-corrected chi connectivity index (χ0v) is 8.09. The Morgan fingerprint density at radius 1 is 1.44 bits per heavy atom. The Labute approximate surface area is 88.7 Å². The maximum Gasteiger partial charge on any atom is 0.420 e. The van der Waals surface area contributed by atoms with Gasteiger partial charge in [0.15, 0.2) is 5.78 Å². The van der Waals surface area contributed by atoms with Crippen LogP contribution in [0.1, 0.15) is 28.4 Å². The number of phenols is 1. The molecule has 0 aliphatic carbocycles. The molecule has 0 atom stereocenters. The van der Waals surface area contributed by atoms with E-state index in [0.717, 1.165) is 13.0 Å². The van der Waals surface area contributed by atoms with Gasteiger partial charge in [0, 0.05) is 5.56 Å². The number of nitrogens with zero attached hydrogens (tertiary/aromatic N) is 1. The Morgan fingerprint density at radius 2 is 2.00 bits per heavy atom. The SMILES string of the molecule is CC(=O)c1ccc(C(F)(F)F)c(O)c1C#N. The van der Waals surface area contributed by atoms with E-state index in [4.69, 9.17) is 5.26 Å². The number of hydrogen-bond acceptors (Lipinski definition) is 3. The van der Waals surface area contributed by atoms with E-state index in [1.165, 1.54) is 6.07 Å². The highest BCUT2D eigenvalue weighted by molar-refractivity contribution is 5.97. The van der Waals surface area contributed by atoms with Crippen molar-refractivity contribution in [1.29, 1.82) is 5.26 Å². The van der Waals surface area contributed by atoms with Gasteiger partial charge in [-0.2, -0.15) is 18.4 Å². The predicted octanol–water partition coefficient (Wildman–Crippen LogP) is 2.49. The molecule has 6 heteroatoms. The van der Waals surface area contributed by atoms with E-state index in [-0.39, 0.29) is 5.56 Å². The number of hydrogen-bond donors (Lipinski definition) is 1. The molecule has 0 aromatic heterocycles. The predicted molar refractivity (Wildman–Crippen MR) is 47.8 cm³/mol. The molecule has 0 radical (unpaired) electrons. The third-order valence-corrected chi connectivity index (χ3v) is 1.97. The molecule has 1 N–H and O–H groups in total. The van der Waals surface area contributed by atoms with Crippen LogP contribution in [0.3, 0.4) is 0 Å². The maximum atomic E-state index is 12.3. The molecule has 0 bridgehead atoms. The number of phenolic OH excluding ortho intramolecular Hbond substituents is 1. The van der Waals surface area contributed by atoms with E-state index in [1.54, 1.807) is 0 Å². The molecule has 0 fully saturated rings. The van der Waals surface area contributed by atoms with Crippen LogP contribution in [-0.4, -0.2) is 10.9 Å². The lowest BCUT2D eigenvalue weighted by Crippen LogP contribution is -2.08. The fourth-order valence-electron chi connectivity index (χ4n) is 1.23. The summed E-state index contributed by atoms with van der Waals surface area (Å²) in [5.74, 6) is -1.79.